The Labute approximate surface area is 102 Å². The number of H-pyrrole nitrogens is 1. The van der Waals surface area contributed by atoms with E-state index in [4.69, 9.17) is 5.73 Å². The summed E-state index contributed by atoms with van der Waals surface area (Å²) in [7, 11) is 1.89. The number of nitrogen functional groups attached to an aromatic ring is 1. The van der Waals surface area contributed by atoms with Gasteiger partial charge in [0.25, 0.3) is 5.91 Å². The minimum Gasteiger partial charge on any atom is -0.397 e. The molecule has 3 N–H and O–H groups in total. The topological polar surface area (TPSA) is 62.1 Å². The highest BCUT2D eigenvalue weighted by Crippen LogP contribution is 2.27. The van der Waals surface area contributed by atoms with Crippen molar-refractivity contribution < 1.29 is 4.79 Å². The van der Waals surface area contributed by atoms with Crippen molar-refractivity contribution >= 4 is 11.6 Å². The van der Waals surface area contributed by atoms with Gasteiger partial charge in [-0.1, -0.05) is 6.92 Å². The largest absolute Gasteiger partial charge is 0.397 e. The molecule has 17 heavy (non-hydrogen) atoms. The van der Waals surface area contributed by atoms with Crippen molar-refractivity contribution in [3.8, 4) is 0 Å². The van der Waals surface area contributed by atoms with Crippen molar-refractivity contribution in [3.05, 3.63) is 18.0 Å². The Morgan fingerprint density at radius 2 is 2.06 bits per heavy atom. The molecule has 0 radical (unpaired) electrons. The van der Waals surface area contributed by atoms with Crippen LogP contribution in [0.4, 0.5) is 5.69 Å². The van der Waals surface area contributed by atoms with Crippen molar-refractivity contribution in [2.45, 2.75) is 38.6 Å². The quantitative estimate of drug-likeness (QED) is 0.825. The van der Waals surface area contributed by atoms with Gasteiger partial charge >= 0.3 is 0 Å². The van der Waals surface area contributed by atoms with Gasteiger partial charge in [0.2, 0.25) is 0 Å². The molecule has 1 saturated carbocycles. The molecule has 1 aliphatic carbocycles. The number of carbonyl (C=O) groups is 1. The van der Waals surface area contributed by atoms with E-state index in [1.807, 2.05) is 11.9 Å². The van der Waals surface area contributed by atoms with Crippen LogP contribution in [0, 0.1) is 5.92 Å². The molecule has 0 saturated heterocycles. The average Bonchev–Trinajstić information content (AvgIpc) is 2.75. The van der Waals surface area contributed by atoms with E-state index in [2.05, 4.69) is 11.9 Å². The highest BCUT2D eigenvalue weighted by molar-refractivity contribution is 5.93. The van der Waals surface area contributed by atoms with Gasteiger partial charge in [-0.25, -0.2) is 0 Å². The number of hydrogen-bond donors (Lipinski definition) is 2. The van der Waals surface area contributed by atoms with E-state index in [1.54, 1.807) is 12.3 Å². The number of aromatic amines is 1. The summed E-state index contributed by atoms with van der Waals surface area (Å²) < 4.78 is 0. The first-order chi connectivity index (χ1) is 8.08. The zero-order chi connectivity index (χ0) is 12.4. The first kappa shape index (κ1) is 12.0. The van der Waals surface area contributed by atoms with Crippen LogP contribution in [-0.4, -0.2) is 28.9 Å². The molecule has 0 aromatic carbocycles. The maximum absolute atomic E-state index is 12.2. The predicted molar refractivity (Wildman–Crippen MR) is 68.7 cm³/mol. The van der Waals surface area contributed by atoms with Crippen molar-refractivity contribution in [1.82, 2.24) is 9.88 Å². The molecule has 1 aromatic rings. The molecular weight excluding hydrogens is 214 g/mol. The second-order valence-corrected chi connectivity index (χ2v) is 5.18. The zero-order valence-corrected chi connectivity index (χ0v) is 10.6. The zero-order valence-electron chi connectivity index (χ0n) is 10.6. The van der Waals surface area contributed by atoms with E-state index in [1.165, 1.54) is 12.8 Å². The normalized spacial score (nSPS) is 24.6. The minimum absolute atomic E-state index is 0.0428. The smallest absolute Gasteiger partial charge is 0.270 e. The number of carbonyl (C=O) groups excluding carboxylic acids is 1. The second-order valence-electron chi connectivity index (χ2n) is 5.18. The van der Waals surface area contributed by atoms with Gasteiger partial charge < -0.3 is 15.6 Å². The molecule has 1 fully saturated rings. The van der Waals surface area contributed by atoms with Gasteiger partial charge in [-0.05, 0) is 37.7 Å². The SMILES string of the molecule is CC1CCC(N(C)C(=O)c2cc(N)c[nH]2)CC1. The fourth-order valence-corrected chi connectivity index (χ4v) is 2.52. The highest BCUT2D eigenvalue weighted by Gasteiger charge is 2.25. The molecule has 4 nitrogen and oxygen atoms in total. The van der Waals surface area contributed by atoms with Crippen LogP contribution in [0.5, 0.6) is 0 Å². The maximum Gasteiger partial charge on any atom is 0.270 e. The Hall–Kier alpha value is -1.45. The second kappa shape index (κ2) is 4.82. The van der Waals surface area contributed by atoms with Crippen molar-refractivity contribution in [1.29, 1.82) is 0 Å². The van der Waals surface area contributed by atoms with Crippen LogP contribution in [0.15, 0.2) is 12.3 Å². The predicted octanol–water partition coefficient (Wildman–Crippen LogP) is 2.25. The van der Waals surface area contributed by atoms with Crippen LogP contribution in [0.3, 0.4) is 0 Å². The molecule has 4 heteroatoms. The Kier molecular flexibility index (Phi) is 3.41. The van der Waals surface area contributed by atoms with Crippen LogP contribution in [0.1, 0.15) is 43.1 Å². The molecule has 0 atom stereocenters. The molecule has 1 aromatic heterocycles. The molecule has 0 aliphatic heterocycles. The minimum atomic E-state index is 0.0428. The first-order valence-corrected chi connectivity index (χ1v) is 6.29. The number of nitrogens with one attached hydrogen (secondary N) is 1. The van der Waals surface area contributed by atoms with Gasteiger partial charge in [0.05, 0.1) is 0 Å². The average molecular weight is 235 g/mol. The molecule has 1 aliphatic rings. The molecule has 0 bridgehead atoms. The summed E-state index contributed by atoms with van der Waals surface area (Å²) in [5.74, 6) is 0.845. The summed E-state index contributed by atoms with van der Waals surface area (Å²) in [6.07, 6.45) is 6.31. The summed E-state index contributed by atoms with van der Waals surface area (Å²) in [6, 6.07) is 2.08. The number of aromatic nitrogens is 1. The first-order valence-electron chi connectivity index (χ1n) is 6.29. The fourth-order valence-electron chi connectivity index (χ4n) is 2.52. The van der Waals surface area contributed by atoms with Gasteiger partial charge in [-0.2, -0.15) is 0 Å². The van der Waals surface area contributed by atoms with E-state index in [-0.39, 0.29) is 5.91 Å². The van der Waals surface area contributed by atoms with Crippen LogP contribution in [-0.2, 0) is 0 Å². The van der Waals surface area contributed by atoms with E-state index in [0.29, 0.717) is 17.4 Å². The van der Waals surface area contributed by atoms with Gasteiger partial charge in [0.1, 0.15) is 5.69 Å². The summed E-state index contributed by atoms with van der Waals surface area (Å²) in [5.41, 5.74) is 6.81. The lowest BCUT2D eigenvalue weighted by atomic mass is 9.86. The van der Waals surface area contributed by atoms with E-state index in [9.17, 15) is 4.79 Å². The summed E-state index contributed by atoms with van der Waals surface area (Å²) in [5, 5.41) is 0. The molecule has 2 rings (SSSR count). The lowest BCUT2D eigenvalue weighted by Crippen LogP contribution is -2.39. The molecule has 94 valence electrons. The summed E-state index contributed by atoms with van der Waals surface area (Å²) in [6.45, 7) is 2.28. The maximum atomic E-state index is 12.2. The standard InChI is InChI=1S/C13H21N3O/c1-9-3-5-11(6-4-9)16(2)13(17)12-7-10(14)8-15-12/h7-9,11,15H,3-6,14H2,1-2H3. The Bertz CT molecular complexity index is 391. The third-order valence-corrected chi connectivity index (χ3v) is 3.79. The van der Waals surface area contributed by atoms with Gasteiger partial charge in [-0.3, -0.25) is 4.79 Å². The molecule has 0 spiro atoms. The lowest BCUT2D eigenvalue weighted by Gasteiger charge is -2.33. The number of nitrogens with zero attached hydrogens (tertiary/aromatic N) is 1. The Morgan fingerprint density at radius 1 is 1.41 bits per heavy atom. The van der Waals surface area contributed by atoms with Gasteiger partial charge in [0, 0.05) is 25.0 Å². The van der Waals surface area contributed by atoms with Gasteiger partial charge in [-0.15, -0.1) is 0 Å². The molecular formula is C13H21N3O. The fraction of sp³-hybridized carbons (Fsp3) is 0.615. The molecule has 1 amide bonds. The third kappa shape index (κ3) is 2.62. The summed E-state index contributed by atoms with van der Waals surface area (Å²) >= 11 is 0. The summed E-state index contributed by atoms with van der Waals surface area (Å²) in [4.78, 5) is 17.0. The number of rotatable bonds is 2. The van der Waals surface area contributed by atoms with Crippen LogP contribution < -0.4 is 5.73 Å². The molecule has 1 heterocycles. The van der Waals surface area contributed by atoms with Crippen molar-refractivity contribution in [2.24, 2.45) is 5.92 Å². The van der Waals surface area contributed by atoms with E-state index >= 15 is 0 Å². The Balaban J connectivity index is 2.00. The highest BCUT2D eigenvalue weighted by atomic mass is 16.2. The lowest BCUT2D eigenvalue weighted by molar-refractivity contribution is 0.0674. The van der Waals surface area contributed by atoms with Gasteiger partial charge in [0.15, 0.2) is 0 Å². The van der Waals surface area contributed by atoms with E-state index in [0.717, 1.165) is 18.8 Å². The number of hydrogen-bond acceptors (Lipinski definition) is 2. The van der Waals surface area contributed by atoms with E-state index < -0.39 is 0 Å². The van der Waals surface area contributed by atoms with Crippen molar-refractivity contribution in [2.75, 3.05) is 12.8 Å². The third-order valence-electron chi connectivity index (χ3n) is 3.79. The van der Waals surface area contributed by atoms with Crippen LogP contribution in [0.2, 0.25) is 0 Å². The van der Waals surface area contributed by atoms with Crippen LogP contribution >= 0.6 is 0 Å². The van der Waals surface area contributed by atoms with Crippen molar-refractivity contribution in [3.63, 3.8) is 0 Å². The Morgan fingerprint density at radius 3 is 2.59 bits per heavy atom. The number of amides is 1. The molecule has 0 unspecified atom stereocenters. The number of nitrogens with two attached hydrogens (primary N) is 1. The van der Waals surface area contributed by atoms with Crippen LogP contribution in [0.25, 0.3) is 0 Å². The monoisotopic (exact) mass is 235 g/mol. The number of anilines is 1.